The van der Waals surface area contributed by atoms with Gasteiger partial charge in [-0.15, -0.1) is 0 Å². The molecule has 2 aliphatic heterocycles. The number of ether oxygens (including phenoxy) is 1. The van der Waals surface area contributed by atoms with Crippen molar-refractivity contribution in [1.29, 1.82) is 0 Å². The smallest absolute Gasteiger partial charge is 0.285 e. The number of nitrogens with zero attached hydrogens (tertiary/aromatic N) is 5. The van der Waals surface area contributed by atoms with Gasteiger partial charge in [0.25, 0.3) is 11.5 Å². The first-order valence-corrected chi connectivity index (χ1v) is 10.2. The largest absolute Gasteiger partial charge is 0.356 e. The minimum absolute atomic E-state index is 0.278. The van der Waals surface area contributed by atoms with E-state index in [-0.39, 0.29) is 11.5 Å². The zero-order valence-corrected chi connectivity index (χ0v) is 16.2. The van der Waals surface area contributed by atoms with Gasteiger partial charge in [-0.1, -0.05) is 11.8 Å². The second-order valence-electron chi connectivity index (χ2n) is 6.74. The Labute approximate surface area is 170 Å². The van der Waals surface area contributed by atoms with Gasteiger partial charge in [0.15, 0.2) is 6.23 Å². The van der Waals surface area contributed by atoms with Gasteiger partial charge in [0.2, 0.25) is 0 Å². The minimum atomic E-state index is -0.392. The number of rotatable bonds is 2. The normalized spacial score (nSPS) is 18.7. The van der Waals surface area contributed by atoms with Gasteiger partial charge < -0.3 is 4.74 Å². The lowest BCUT2D eigenvalue weighted by atomic mass is 10.2. The highest BCUT2D eigenvalue weighted by Crippen LogP contribution is 2.41. The van der Waals surface area contributed by atoms with Crippen LogP contribution in [0, 0.1) is 0 Å². The molecular weight excluding hydrogens is 390 g/mol. The first-order chi connectivity index (χ1) is 14.2. The highest BCUT2D eigenvalue weighted by molar-refractivity contribution is 7.99. The van der Waals surface area contributed by atoms with Crippen LogP contribution < -0.4 is 10.5 Å². The fourth-order valence-corrected chi connectivity index (χ4v) is 4.52. The van der Waals surface area contributed by atoms with Crippen LogP contribution >= 0.6 is 11.8 Å². The molecule has 1 amide bonds. The van der Waals surface area contributed by atoms with E-state index in [1.54, 1.807) is 49.1 Å². The number of pyridine rings is 2. The highest BCUT2D eigenvalue weighted by atomic mass is 32.2. The summed E-state index contributed by atoms with van der Waals surface area (Å²) in [5.41, 5.74) is 1.11. The molecule has 3 aromatic rings. The topological polar surface area (TPSA) is 90.2 Å². The van der Waals surface area contributed by atoms with Crippen LogP contribution in [0.1, 0.15) is 35.8 Å². The van der Waals surface area contributed by atoms with E-state index >= 15 is 0 Å². The third-order valence-electron chi connectivity index (χ3n) is 4.92. The molecule has 29 heavy (non-hydrogen) atoms. The lowest BCUT2D eigenvalue weighted by Gasteiger charge is -2.26. The Bertz CT molecular complexity index is 1130. The van der Waals surface area contributed by atoms with Crippen molar-refractivity contribution in [2.75, 3.05) is 11.5 Å². The van der Waals surface area contributed by atoms with Crippen LogP contribution in [0.15, 0.2) is 63.8 Å². The Hall–Kier alpha value is -3.04. The van der Waals surface area contributed by atoms with Crippen LogP contribution in [0.25, 0.3) is 0 Å². The predicted molar refractivity (Wildman–Crippen MR) is 106 cm³/mol. The third kappa shape index (κ3) is 3.12. The molecule has 0 bridgehead atoms. The molecular formula is C20H17N5O3S. The zero-order chi connectivity index (χ0) is 19.8. The van der Waals surface area contributed by atoms with Gasteiger partial charge in [-0.05, 0) is 43.5 Å². The zero-order valence-electron chi connectivity index (χ0n) is 15.4. The monoisotopic (exact) mass is 407 g/mol. The van der Waals surface area contributed by atoms with E-state index in [2.05, 4.69) is 15.1 Å². The molecule has 1 atom stereocenters. The highest BCUT2D eigenvalue weighted by Gasteiger charge is 2.33. The van der Waals surface area contributed by atoms with Gasteiger partial charge in [0, 0.05) is 19.0 Å². The Morgan fingerprint density at radius 1 is 1.10 bits per heavy atom. The summed E-state index contributed by atoms with van der Waals surface area (Å²) in [6, 6.07) is 6.94. The lowest BCUT2D eigenvalue weighted by Crippen LogP contribution is -2.34. The van der Waals surface area contributed by atoms with Crippen molar-refractivity contribution in [3.8, 4) is 0 Å². The number of anilines is 2. The van der Waals surface area contributed by atoms with E-state index in [1.165, 1.54) is 21.3 Å². The average molecular weight is 407 g/mol. The molecule has 5 heterocycles. The van der Waals surface area contributed by atoms with Crippen LogP contribution in [-0.2, 0) is 4.74 Å². The maximum atomic E-state index is 13.4. The van der Waals surface area contributed by atoms with Crippen LogP contribution in [0.5, 0.6) is 0 Å². The van der Waals surface area contributed by atoms with Crippen LogP contribution in [0.3, 0.4) is 0 Å². The summed E-state index contributed by atoms with van der Waals surface area (Å²) in [6.45, 7) is 0.605. The number of hydrogen-bond acceptors (Lipinski definition) is 7. The van der Waals surface area contributed by atoms with Gasteiger partial charge in [0.05, 0.1) is 29.3 Å². The molecule has 1 unspecified atom stereocenters. The molecule has 1 fully saturated rings. The molecule has 0 aliphatic carbocycles. The predicted octanol–water partition coefficient (Wildman–Crippen LogP) is 3.18. The molecule has 8 nitrogen and oxygen atoms in total. The van der Waals surface area contributed by atoms with E-state index < -0.39 is 6.23 Å². The Morgan fingerprint density at radius 3 is 2.79 bits per heavy atom. The number of carbonyl (C=O) groups excluding carboxylic acids is 1. The quantitative estimate of drug-likeness (QED) is 0.644. The number of aromatic nitrogens is 4. The molecule has 0 N–H and O–H groups in total. The second-order valence-corrected chi connectivity index (χ2v) is 7.74. The summed E-state index contributed by atoms with van der Waals surface area (Å²) >= 11 is 1.19. The van der Waals surface area contributed by atoms with E-state index in [0.717, 1.165) is 19.3 Å². The lowest BCUT2D eigenvalue weighted by molar-refractivity contribution is -0.0429. The summed E-state index contributed by atoms with van der Waals surface area (Å²) in [5, 5.41) is 4.85. The molecule has 0 aromatic carbocycles. The van der Waals surface area contributed by atoms with Crippen molar-refractivity contribution in [2.24, 2.45) is 0 Å². The van der Waals surface area contributed by atoms with Crippen molar-refractivity contribution >= 4 is 29.0 Å². The average Bonchev–Trinajstić information content (AvgIpc) is 2.90. The van der Waals surface area contributed by atoms with Crippen molar-refractivity contribution in [3.05, 3.63) is 65.0 Å². The fourth-order valence-electron chi connectivity index (χ4n) is 3.52. The first-order valence-electron chi connectivity index (χ1n) is 9.35. The van der Waals surface area contributed by atoms with E-state index in [0.29, 0.717) is 33.5 Å². The maximum absolute atomic E-state index is 13.4. The van der Waals surface area contributed by atoms with Gasteiger partial charge in [-0.2, -0.15) is 9.78 Å². The van der Waals surface area contributed by atoms with Gasteiger partial charge in [-0.3, -0.25) is 19.5 Å². The molecule has 2 aliphatic rings. The Kier molecular flexibility index (Phi) is 4.61. The summed E-state index contributed by atoms with van der Waals surface area (Å²) in [7, 11) is 0. The molecule has 5 rings (SSSR count). The fraction of sp³-hybridized carbons (Fsp3) is 0.250. The van der Waals surface area contributed by atoms with Gasteiger partial charge in [0.1, 0.15) is 9.92 Å². The molecule has 146 valence electrons. The second kappa shape index (κ2) is 7.41. The van der Waals surface area contributed by atoms with E-state index in [4.69, 9.17) is 4.74 Å². The van der Waals surface area contributed by atoms with Crippen molar-refractivity contribution in [3.63, 3.8) is 0 Å². The van der Waals surface area contributed by atoms with Crippen molar-refractivity contribution in [2.45, 2.75) is 35.4 Å². The molecule has 0 saturated carbocycles. The molecule has 0 radical (unpaired) electrons. The minimum Gasteiger partial charge on any atom is -0.356 e. The van der Waals surface area contributed by atoms with Crippen LogP contribution in [0.4, 0.5) is 11.4 Å². The first kappa shape index (κ1) is 18.0. The number of hydrogen-bond donors (Lipinski definition) is 0. The van der Waals surface area contributed by atoms with Crippen molar-refractivity contribution < 1.29 is 9.53 Å². The molecule has 3 aromatic heterocycles. The maximum Gasteiger partial charge on any atom is 0.285 e. The molecule has 0 spiro atoms. The van der Waals surface area contributed by atoms with Crippen LogP contribution in [0.2, 0.25) is 0 Å². The molecule has 9 heteroatoms. The third-order valence-corrected chi connectivity index (χ3v) is 6.02. The summed E-state index contributed by atoms with van der Waals surface area (Å²) in [4.78, 5) is 37.1. The van der Waals surface area contributed by atoms with Crippen molar-refractivity contribution in [1.82, 2.24) is 19.7 Å². The standard InChI is InChI=1S/C20H17N5O3S/c26-19-14-6-4-9-22-18(14)29-17-15(24(19)13-5-3-8-21-11-13)12-23-25(20(17)27)16-7-1-2-10-28-16/h3-6,8-9,11-12,16H,1-2,7,10H2. The summed E-state index contributed by atoms with van der Waals surface area (Å²) < 4.78 is 7.13. The SMILES string of the molecule is O=C1c2cccnc2Sc2c(cnn(C3CCCCO3)c2=O)N1c1cccnc1. The number of amides is 1. The van der Waals surface area contributed by atoms with Crippen LogP contribution in [-0.4, -0.2) is 32.3 Å². The number of carbonyl (C=O) groups is 1. The summed E-state index contributed by atoms with van der Waals surface area (Å²) in [5.74, 6) is -0.278. The summed E-state index contributed by atoms with van der Waals surface area (Å²) in [6.07, 6.45) is 8.68. The Morgan fingerprint density at radius 2 is 2.00 bits per heavy atom. The van der Waals surface area contributed by atoms with Gasteiger partial charge >= 0.3 is 0 Å². The van der Waals surface area contributed by atoms with E-state index in [9.17, 15) is 9.59 Å². The number of fused-ring (bicyclic) bond motifs is 2. The van der Waals surface area contributed by atoms with Gasteiger partial charge in [-0.25, -0.2) is 4.98 Å². The van der Waals surface area contributed by atoms with E-state index in [1.807, 2.05) is 0 Å². The Balaban J connectivity index is 1.72. The molecule has 1 saturated heterocycles.